The Hall–Kier alpha value is -1.84. The van der Waals surface area contributed by atoms with E-state index in [2.05, 4.69) is 19.9 Å². The molecule has 0 aromatic carbocycles. The second kappa shape index (κ2) is 15.2. The number of aliphatic hydroxyl groups is 10. The number of aliphatic hydroxyl groups excluding tert-OH is 10. The molecule has 59 heavy (non-hydrogen) atoms. The minimum absolute atomic E-state index is 0.122. The molecule has 2 aliphatic heterocycles. The number of rotatable bonds is 7. The molecule has 0 radical (unpaired) electrons. The lowest BCUT2D eigenvalue weighted by atomic mass is 9.33. The van der Waals surface area contributed by atoms with Gasteiger partial charge in [0.15, 0.2) is 6.29 Å². The molecule has 0 bridgehead atoms. The fourth-order valence-electron chi connectivity index (χ4n) is 13.6. The summed E-state index contributed by atoms with van der Waals surface area (Å²) in [7, 11) is 0. The van der Waals surface area contributed by atoms with Crippen LogP contribution in [0.1, 0.15) is 92.9 Å². The Morgan fingerprint density at radius 1 is 0.729 bits per heavy atom. The van der Waals surface area contributed by atoms with Gasteiger partial charge in [-0.1, -0.05) is 46.3 Å². The zero-order valence-electron chi connectivity index (χ0n) is 34.8. The molecule has 0 aromatic rings. The second-order valence-electron chi connectivity index (χ2n) is 20.6. The van der Waals surface area contributed by atoms with Crippen molar-refractivity contribution in [2.75, 3.05) is 13.2 Å². The van der Waals surface area contributed by atoms with E-state index in [0.29, 0.717) is 44.9 Å². The van der Waals surface area contributed by atoms with Crippen molar-refractivity contribution in [1.82, 2.24) is 0 Å². The van der Waals surface area contributed by atoms with Crippen molar-refractivity contribution in [3.63, 3.8) is 0 Å². The molecule has 17 nitrogen and oxygen atoms in total. The number of carboxylic acids is 1. The number of allylic oxidation sites excluding steroid dienone is 1. The normalized spacial score (nSPS) is 54.4. The van der Waals surface area contributed by atoms with Crippen molar-refractivity contribution in [2.45, 2.75) is 173 Å². The molecule has 0 spiro atoms. The highest BCUT2D eigenvalue weighted by molar-refractivity contribution is 5.79. The molecule has 2 heterocycles. The number of esters is 1. The molecule has 4 saturated carbocycles. The SMILES string of the molecule is CC1(C)CC[C@]2(C(=O)O[C@@H]3O[C@H](CO)[C@@H](O)[C@H](O)[C@@H]3O)CC[C@]3(C)C(=CC[C@@H]4[C@@]5(C)C[C@@H](O)[C@H](O[C@@H]6O[C@H](CO)[C@H](O)[C@H](O)[C@@H]6O)[C@@](C)(C(=O)O)[C@H]5CC[C@]43C)[C@@H]2[C@@H]1O. The Kier molecular flexibility index (Phi) is 11.6. The summed E-state index contributed by atoms with van der Waals surface area (Å²) >= 11 is 0. The van der Waals surface area contributed by atoms with Gasteiger partial charge in [0.05, 0.1) is 36.3 Å². The van der Waals surface area contributed by atoms with E-state index in [0.717, 1.165) is 5.57 Å². The van der Waals surface area contributed by atoms with Gasteiger partial charge in [0, 0.05) is 5.92 Å². The summed E-state index contributed by atoms with van der Waals surface area (Å²) in [5.74, 6) is -3.41. The van der Waals surface area contributed by atoms with E-state index >= 15 is 0 Å². The van der Waals surface area contributed by atoms with E-state index in [1.807, 2.05) is 20.8 Å². The third-order valence-electron chi connectivity index (χ3n) is 17.5. The molecule has 6 fully saturated rings. The maximum absolute atomic E-state index is 14.6. The summed E-state index contributed by atoms with van der Waals surface area (Å²) in [4.78, 5) is 28.1. The Morgan fingerprint density at radius 2 is 1.29 bits per heavy atom. The first-order valence-corrected chi connectivity index (χ1v) is 21.2. The predicted octanol–water partition coefficient (Wildman–Crippen LogP) is -0.677. The van der Waals surface area contributed by atoms with Crippen LogP contribution in [0.4, 0.5) is 0 Å². The molecule has 5 aliphatic carbocycles. The molecule has 11 N–H and O–H groups in total. The van der Waals surface area contributed by atoms with Crippen molar-refractivity contribution in [1.29, 1.82) is 0 Å². The van der Waals surface area contributed by atoms with Crippen LogP contribution >= 0.6 is 0 Å². The summed E-state index contributed by atoms with van der Waals surface area (Å²) in [5.41, 5.74) is -4.62. The van der Waals surface area contributed by atoms with E-state index < -0.39 is 149 Å². The maximum atomic E-state index is 14.6. The first kappa shape index (κ1) is 45.2. The molecular weight excluding hydrogens is 776 g/mol. The monoisotopic (exact) mass is 842 g/mol. The zero-order valence-corrected chi connectivity index (χ0v) is 34.8. The Labute approximate surface area is 343 Å². The molecule has 7 rings (SSSR count). The third kappa shape index (κ3) is 6.34. The van der Waals surface area contributed by atoms with Gasteiger partial charge >= 0.3 is 11.9 Å². The summed E-state index contributed by atoms with van der Waals surface area (Å²) in [5, 5.41) is 118. The standard InChI is InChI=1S/C42H66O17/c1-37(2)11-13-42(36(55)59-34-30(51)28(49)26(47)21(17-44)57-34)14-12-39(4)18(24(42)31(37)52)7-8-22-38(3)15-19(45)32(41(6,35(53)54)23(38)9-10-40(22,39)5)58-33-29(50)27(48)25(46)20(16-43)56-33/h7,19-34,43-52H,8-17H2,1-6H3,(H,53,54)/t19-,20-,21-,22-,23+,24-,25+,26-,27+,28+,29+,30+,31+,32+,33+,34+,38-,39-,40-,41+,42+/m1/s1. The number of fused-ring (bicyclic) bond motifs is 7. The van der Waals surface area contributed by atoms with Gasteiger partial charge < -0.3 is 75.1 Å². The van der Waals surface area contributed by atoms with Crippen LogP contribution in [0.15, 0.2) is 11.6 Å². The molecule has 0 amide bonds. The number of carboxylic acid groups (broad SMARTS) is 1. The van der Waals surface area contributed by atoms with Crippen LogP contribution < -0.4 is 0 Å². The number of hydrogen-bond acceptors (Lipinski definition) is 16. The fraction of sp³-hybridized carbons (Fsp3) is 0.905. The predicted molar refractivity (Wildman–Crippen MR) is 202 cm³/mol. The number of carbonyl (C=O) groups is 2. The summed E-state index contributed by atoms with van der Waals surface area (Å²) < 4.78 is 23.2. The van der Waals surface area contributed by atoms with Crippen LogP contribution in [0.25, 0.3) is 0 Å². The Balaban J connectivity index is 1.23. The Morgan fingerprint density at radius 3 is 1.86 bits per heavy atom. The smallest absolute Gasteiger partial charge is 0.315 e. The quantitative estimate of drug-likeness (QED) is 0.0860. The van der Waals surface area contributed by atoms with E-state index in [9.17, 15) is 65.8 Å². The van der Waals surface area contributed by atoms with Crippen molar-refractivity contribution in [3.8, 4) is 0 Å². The van der Waals surface area contributed by atoms with Crippen molar-refractivity contribution >= 4 is 11.9 Å². The van der Waals surface area contributed by atoms with Gasteiger partial charge in [0.2, 0.25) is 6.29 Å². The van der Waals surface area contributed by atoms with Gasteiger partial charge in [-0.2, -0.15) is 0 Å². The third-order valence-corrected chi connectivity index (χ3v) is 17.5. The van der Waals surface area contributed by atoms with Gasteiger partial charge in [-0.15, -0.1) is 0 Å². The van der Waals surface area contributed by atoms with Gasteiger partial charge in [0.1, 0.15) is 54.9 Å². The highest BCUT2D eigenvalue weighted by atomic mass is 16.7. The first-order chi connectivity index (χ1) is 27.4. The second-order valence-corrected chi connectivity index (χ2v) is 20.6. The average molecular weight is 843 g/mol. The molecule has 2 saturated heterocycles. The molecule has 0 aromatic heterocycles. The van der Waals surface area contributed by atoms with Crippen LogP contribution in [0.3, 0.4) is 0 Å². The minimum atomic E-state index is -1.80. The average Bonchev–Trinajstić information content (AvgIpc) is 3.17. The van der Waals surface area contributed by atoms with E-state index in [-0.39, 0.29) is 12.3 Å². The molecule has 0 unspecified atom stereocenters. The van der Waals surface area contributed by atoms with Crippen LogP contribution in [-0.4, -0.2) is 161 Å². The molecule has 336 valence electrons. The van der Waals surface area contributed by atoms with Crippen LogP contribution in [0, 0.1) is 50.2 Å². The first-order valence-electron chi connectivity index (χ1n) is 21.2. The number of carbonyl (C=O) groups excluding carboxylic acids is 1. The highest BCUT2D eigenvalue weighted by Crippen LogP contribution is 2.76. The van der Waals surface area contributed by atoms with Crippen molar-refractivity contribution in [3.05, 3.63) is 11.6 Å². The summed E-state index contributed by atoms with van der Waals surface area (Å²) in [6.07, 6.45) is -14.8. The zero-order chi connectivity index (χ0) is 43.6. The fourth-order valence-corrected chi connectivity index (χ4v) is 13.6. The number of ether oxygens (including phenoxy) is 4. The van der Waals surface area contributed by atoms with Crippen LogP contribution in [0.2, 0.25) is 0 Å². The largest absolute Gasteiger partial charge is 0.481 e. The van der Waals surface area contributed by atoms with Gasteiger partial charge in [-0.25, -0.2) is 0 Å². The maximum Gasteiger partial charge on any atom is 0.315 e. The van der Waals surface area contributed by atoms with Gasteiger partial charge in [-0.05, 0) is 91.8 Å². The molecule has 17 heteroatoms. The van der Waals surface area contributed by atoms with Crippen LogP contribution in [0.5, 0.6) is 0 Å². The van der Waals surface area contributed by atoms with Gasteiger partial charge in [-0.3, -0.25) is 9.59 Å². The lowest BCUT2D eigenvalue weighted by Gasteiger charge is -2.71. The van der Waals surface area contributed by atoms with E-state index in [1.165, 1.54) is 6.92 Å². The number of aliphatic carboxylic acids is 1. The van der Waals surface area contributed by atoms with Crippen LogP contribution in [-0.2, 0) is 28.5 Å². The molecule has 7 aliphatic rings. The molecular formula is C42H66O17. The van der Waals surface area contributed by atoms with Crippen molar-refractivity contribution in [2.24, 2.45) is 50.2 Å². The topological polar surface area (TPSA) is 294 Å². The number of hydrogen-bond donors (Lipinski definition) is 11. The van der Waals surface area contributed by atoms with Gasteiger partial charge in [0.25, 0.3) is 0 Å². The minimum Gasteiger partial charge on any atom is -0.481 e. The van der Waals surface area contributed by atoms with Crippen molar-refractivity contribution < 1.29 is 84.7 Å². The highest BCUT2D eigenvalue weighted by Gasteiger charge is 2.73. The molecule has 21 atom stereocenters. The summed E-state index contributed by atoms with van der Waals surface area (Å²) in [6.45, 7) is 10.4. The lowest BCUT2D eigenvalue weighted by molar-refractivity contribution is -0.340. The lowest BCUT2D eigenvalue weighted by Crippen LogP contribution is -2.71. The Bertz CT molecular complexity index is 1650. The van der Waals surface area contributed by atoms with E-state index in [1.54, 1.807) is 0 Å². The summed E-state index contributed by atoms with van der Waals surface area (Å²) in [6, 6.07) is 0. The van der Waals surface area contributed by atoms with E-state index in [4.69, 9.17) is 18.9 Å².